The van der Waals surface area contributed by atoms with E-state index in [0.717, 1.165) is 18.6 Å². The number of nitrogens with zero attached hydrogens (tertiary/aromatic N) is 2. The van der Waals surface area contributed by atoms with E-state index in [4.69, 9.17) is 0 Å². The molecule has 0 N–H and O–H groups in total. The molecular formula is C15H16F2N2O2. The Balaban J connectivity index is 1.67. The van der Waals surface area contributed by atoms with E-state index < -0.39 is 23.0 Å². The fourth-order valence-electron chi connectivity index (χ4n) is 3.12. The summed E-state index contributed by atoms with van der Waals surface area (Å²) in [6, 6.07) is 3.54. The van der Waals surface area contributed by atoms with Gasteiger partial charge in [0.1, 0.15) is 11.6 Å². The van der Waals surface area contributed by atoms with Crippen molar-refractivity contribution >= 4 is 11.7 Å². The zero-order valence-corrected chi connectivity index (χ0v) is 11.5. The fraction of sp³-hybridized carbons (Fsp3) is 0.467. The molecule has 2 aliphatic heterocycles. The molecule has 0 aromatic heterocycles. The lowest BCUT2D eigenvalue weighted by Gasteiger charge is -2.37. The fourth-order valence-corrected chi connectivity index (χ4v) is 3.12. The lowest BCUT2D eigenvalue weighted by molar-refractivity contribution is -0.130. The Kier molecular flexibility index (Phi) is 3.71. The predicted octanol–water partition coefficient (Wildman–Crippen LogP) is 1.45. The molecule has 2 fully saturated rings. The van der Waals surface area contributed by atoms with Gasteiger partial charge in [0, 0.05) is 32.1 Å². The Bertz CT molecular complexity index is 571. The van der Waals surface area contributed by atoms with Gasteiger partial charge in [0.05, 0.1) is 12.1 Å². The zero-order chi connectivity index (χ0) is 15.0. The molecule has 2 heterocycles. The molecule has 2 aliphatic rings. The van der Waals surface area contributed by atoms with Crippen LogP contribution in [-0.2, 0) is 4.79 Å². The normalized spacial score (nSPS) is 22.5. The molecule has 0 saturated carbocycles. The molecule has 4 nitrogen and oxygen atoms in total. The summed E-state index contributed by atoms with van der Waals surface area (Å²) in [6.07, 6.45) is 1.34. The third-order valence-electron chi connectivity index (χ3n) is 4.19. The molecule has 3 rings (SSSR count). The second kappa shape index (κ2) is 5.52. The van der Waals surface area contributed by atoms with Crippen LogP contribution in [-0.4, -0.2) is 53.7 Å². The van der Waals surface area contributed by atoms with Crippen LogP contribution in [0.2, 0.25) is 0 Å². The van der Waals surface area contributed by atoms with Gasteiger partial charge in [0.15, 0.2) is 5.78 Å². The van der Waals surface area contributed by atoms with Gasteiger partial charge >= 0.3 is 0 Å². The number of hydrogen-bond acceptors (Lipinski definition) is 3. The number of rotatable bonds is 3. The largest absolute Gasteiger partial charge is 0.337 e. The topological polar surface area (TPSA) is 40.6 Å². The first-order valence-corrected chi connectivity index (χ1v) is 7.05. The van der Waals surface area contributed by atoms with E-state index in [0.29, 0.717) is 26.1 Å². The molecule has 0 bridgehead atoms. The van der Waals surface area contributed by atoms with Gasteiger partial charge in [-0.2, -0.15) is 0 Å². The van der Waals surface area contributed by atoms with Crippen LogP contribution in [0.15, 0.2) is 18.2 Å². The average molecular weight is 294 g/mol. The Hall–Kier alpha value is -1.82. The Morgan fingerprint density at radius 2 is 1.95 bits per heavy atom. The van der Waals surface area contributed by atoms with Crippen LogP contribution < -0.4 is 0 Å². The van der Waals surface area contributed by atoms with Gasteiger partial charge in [-0.3, -0.25) is 14.5 Å². The molecule has 0 radical (unpaired) electrons. The molecule has 1 unspecified atom stereocenters. The Morgan fingerprint density at radius 3 is 2.67 bits per heavy atom. The number of halogens is 2. The van der Waals surface area contributed by atoms with Gasteiger partial charge in [-0.1, -0.05) is 6.07 Å². The maximum atomic E-state index is 13.6. The number of hydrogen-bond donors (Lipinski definition) is 0. The summed E-state index contributed by atoms with van der Waals surface area (Å²) in [7, 11) is 0. The monoisotopic (exact) mass is 294 g/mol. The quantitative estimate of drug-likeness (QED) is 0.792. The van der Waals surface area contributed by atoms with Crippen molar-refractivity contribution in [3.63, 3.8) is 0 Å². The Labute approximate surface area is 121 Å². The molecule has 0 spiro atoms. The van der Waals surface area contributed by atoms with Crippen molar-refractivity contribution in [2.75, 3.05) is 26.2 Å². The second-order valence-corrected chi connectivity index (χ2v) is 5.53. The summed E-state index contributed by atoms with van der Waals surface area (Å²) in [5.74, 6) is -2.04. The van der Waals surface area contributed by atoms with Crippen LogP contribution in [0.5, 0.6) is 0 Å². The number of piperazine rings is 1. The van der Waals surface area contributed by atoms with E-state index in [2.05, 4.69) is 0 Å². The molecule has 21 heavy (non-hydrogen) atoms. The standard InChI is InChI=1S/C15H16F2N2O2/c16-11-2-1-3-12(17)15(11)13(20)9-18-6-7-19-10(8-18)4-5-14(19)21/h1-3,10H,4-9H2. The molecule has 6 heteroatoms. The summed E-state index contributed by atoms with van der Waals surface area (Å²) in [4.78, 5) is 27.4. The smallest absolute Gasteiger partial charge is 0.222 e. The lowest BCUT2D eigenvalue weighted by atomic mass is 10.1. The van der Waals surface area contributed by atoms with Crippen LogP contribution >= 0.6 is 0 Å². The molecule has 112 valence electrons. The molecule has 1 amide bonds. The van der Waals surface area contributed by atoms with Crippen molar-refractivity contribution in [1.29, 1.82) is 0 Å². The summed E-state index contributed by atoms with van der Waals surface area (Å²) < 4.78 is 27.2. The van der Waals surface area contributed by atoms with Gasteiger partial charge < -0.3 is 4.90 Å². The highest BCUT2D eigenvalue weighted by Gasteiger charge is 2.36. The second-order valence-electron chi connectivity index (χ2n) is 5.53. The van der Waals surface area contributed by atoms with Crippen molar-refractivity contribution in [1.82, 2.24) is 9.80 Å². The number of carbonyl (C=O) groups is 2. The number of carbonyl (C=O) groups excluding carboxylic acids is 2. The highest BCUT2D eigenvalue weighted by Crippen LogP contribution is 2.23. The number of Topliss-reactive ketones (excluding diaryl/α,β-unsaturated/α-hetero) is 1. The van der Waals surface area contributed by atoms with Crippen LogP contribution in [0.1, 0.15) is 23.2 Å². The van der Waals surface area contributed by atoms with Gasteiger partial charge in [-0.15, -0.1) is 0 Å². The molecule has 0 aliphatic carbocycles. The minimum atomic E-state index is -0.824. The van der Waals surface area contributed by atoms with E-state index in [1.165, 1.54) is 6.07 Å². The number of fused-ring (bicyclic) bond motifs is 1. The Morgan fingerprint density at radius 1 is 1.24 bits per heavy atom. The molecule has 1 atom stereocenters. The molecular weight excluding hydrogens is 278 g/mol. The molecule has 1 aromatic rings. The van der Waals surface area contributed by atoms with Crippen LogP contribution in [0, 0.1) is 11.6 Å². The van der Waals surface area contributed by atoms with Gasteiger partial charge in [0.2, 0.25) is 5.91 Å². The average Bonchev–Trinajstić information content (AvgIpc) is 2.80. The summed E-state index contributed by atoms with van der Waals surface area (Å²) in [5.41, 5.74) is -0.470. The highest BCUT2D eigenvalue weighted by molar-refractivity contribution is 5.98. The van der Waals surface area contributed by atoms with Crippen LogP contribution in [0.25, 0.3) is 0 Å². The van der Waals surface area contributed by atoms with Gasteiger partial charge in [-0.25, -0.2) is 8.78 Å². The van der Waals surface area contributed by atoms with Crippen molar-refractivity contribution in [3.05, 3.63) is 35.4 Å². The zero-order valence-electron chi connectivity index (χ0n) is 11.5. The predicted molar refractivity (Wildman–Crippen MR) is 71.9 cm³/mol. The molecule has 1 aromatic carbocycles. The summed E-state index contributed by atoms with van der Waals surface area (Å²) in [6.45, 7) is 1.71. The van der Waals surface area contributed by atoms with E-state index in [9.17, 15) is 18.4 Å². The van der Waals surface area contributed by atoms with Crippen LogP contribution in [0.4, 0.5) is 8.78 Å². The van der Waals surface area contributed by atoms with Gasteiger partial charge in [-0.05, 0) is 18.6 Å². The van der Waals surface area contributed by atoms with Crippen molar-refractivity contribution < 1.29 is 18.4 Å². The van der Waals surface area contributed by atoms with Gasteiger partial charge in [0.25, 0.3) is 0 Å². The van der Waals surface area contributed by atoms with E-state index >= 15 is 0 Å². The van der Waals surface area contributed by atoms with Crippen LogP contribution in [0.3, 0.4) is 0 Å². The van der Waals surface area contributed by atoms with Crippen molar-refractivity contribution in [2.45, 2.75) is 18.9 Å². The lowest BCUT2D eigenvalue weighted by Crippen LogP contribution is -2.52. The number of ketones is 1. The van der Waals surface area contributed by atoms with E-state index in [1.54, 1.807) is 0 Å². The minimum Gasteiger partial charge on any atom is -0.337 e. The summed E-state index contributed by atoms with van der Waals surface area (Å²) >= 11 is 0. The summed E-state index contributed by atoms with van der Waals surface area (Å²) in [5, 5.41) is 0. The third-order valence-corrected chi connectivity index (χ3v) is 4.19. The van der Waals surface area contributed by atoms with Crippen molar-refractivity contribution in [2.24, 2.45) is 0 Å². The first-order chi connectivity index (χ1) is 10.1. The van der Waals surface area contributed by atoms with Crippen molar-refractivity contribution in [3.8, 4) is 0 Å². The SMILES string of the molecule is O=C(CN1CCN2C(=O)CCC2C1)c1c(F)cccc1F. The maximum Gasteiger partial charge on any atom is 0.222 e. The minimum absolute atomic E-state index is 0.0175. The maximum absolute atomic E-state index is 13.6. The number of amides is 1. The molecule has 2 saturated heterocycles. The third kappa shape index (κ3) is 2.68. The van der Waals surface area contributed by atoms with E-state index in [-0.39, 0.29) is 18.5 Å². The first-order valence-electron chi connectivity index (χ1n) is 7.05. The highest BCUT2D eigenvalue weighted by atomic mass is 19.1. The first kappa shape index (κ1) is 14.1. The van der Waals surface area contributed by atoms with E-state index in [1.807, 2.05) is 9.80 Å². The number of benzene rings is 1.